The Bertz CT molecular complexity index is 251. The molecule has 3 N–H and O–H groups in total. The lowest BCUT2D eigenvalue weighted by molar-refractivity contribution is -0.129. The molecule has 0 radical (unpaired) electrons. The van der Waals surface area contributed by atoms with Gasteiger partial charge in [-0.05, 0) is 12.2 Å². The fraction of sp³-hybridized carbons (Fsp3) is 0.500. The smallest absolute Gasteiger partial charge is 0.251 e. The SMILES string of the molecule is CN1C(=O)[C@@H](CC(N)=O)NC1=S. The minimum absolute atomic E-state index is 0.0106. The summed E-state index contributed by atoms with van der Waals surface area (Å²) >= 11 is 4.79. The Kier molecular flexibility index (Phi) is 2.27. The van der Waals surface area contributed by atoms with E-state index in [0.29, 0.717) is 5.11 Å². The number of nitrogens with one attached hydrogen (secondary N) is 1. The van der Waals surface area contributed by atoms with E-state index in [1.54, 1.807) is 7.05 Å². The summed E-state index contributed by atoms with van der Waals surface area (Å²) in [7, 11) is 1.55. The maximum atomic E-state index is 11.2. The molecule has 0 saturated carbocycles. The number of thiocarbonyl (C=S) groups is 1. The van der Waals surface area contributed by atoms with Crippen molar-refractivity contribution in [3.8, 4) is 0 Å². The Balaban J connectivity index is 2.65. The third-order valence-corrected chi connectivity index (χ3v) is 2.03. The summed E-state index contributed by atoms with van der Waals surface area (Å²) in [6.07, 6.45) is -0.0106. The van der Waals surface area contributed by atoms with Crippen LogP contribution in [0.1, 0.15) is 6.42 Å². The van der Waals surface area contributed by atoms with Crippen LogP contribution in [-0.2, 0) is 9.59 Å². The van der Waals surface area contributed by atoms with Crippen LogP contribution in [0.25, 0.3) is 0 Å². The number of amides is 2. The van der Waals surface area contributed by atoms with Crippen molar-refractivity contribution in [3.05, 3.63) is 0 Å². The molecule has 0 aliphatic carbocycles. The molecule has 5 nitrogen and oxygen atoms in total. The Labute approximate surface area is 74.9 Å². The van der Waals surface area contributed by atoms with E-state index in [1.165, 1.54) is 4.90 Å². The first-order valence-corrected chi connectivity index (χ1v) is 3.79. The number of likely N-dealkylation sites (N-methyl/N-ethyl adjacent to an activating group) is 1. The van der Waals surface area contributed by atoms with Gasteiger partial charge in [0.2, 0.25) is 5.91 Å². The lowest BCUT2D eigenvalue weighted by Crippen LogP contribution is -2.33. The van der Waals surface area contributed by atoms with Crippen molar-refractivity contribution >= 4 is 29.1 Å². The molecule has 1 rings (SSSR count). The summed E-state index contributed by atoms with van der Waals surface area (Å²) in [6.45, 7) is 0. The summed E-state index contributed by atoms with van der Waals surface area (Å²) in [6, 6.07) is -0.569. The molecule has 12 heavy (non-hydrogen) atoms. The van der Waals surface area contributed by atoms with Gasteiger partial charge in [-0.1, -0.05) is 0 Å². The van der Waals surface area contributed by atoms with Crippen LogP contribution in [0.4, 0.5) is 0 Å². The number of nitrogens with two attached hydrogens (primary N) is 1. The fourth-order valence-electron chi connectivity index (χ4n) is 0.981. The van der Waals surface area contributed by atoms with Gasteiger partial charge in [0.25, 0.3) is 5.91 Å². The van der Waals surface area contributed by atoms with Crippen LogP contribution in [0.3, 0.4) is 0 Å². The second-order valence-corrected chi connectivity index (χ2v) is 2.96. The highest BCUT2D eigenvalue weighted by Crippen LogP contribution is 2.06. The van der Waals surface area contributed by atoms with Gasteiger partial charge in [0.05, 0.1) is 6.42 Å². The van der Waals surface area contributed by atoms with E-state index >= 15 is 0 Å². The Hall–Kier alpha value is -1.17. The molecule has 1 aliphatic rings. The Morgan fingerprint density at radius 3 is 2.75 bits per heavy atom. The maximum Gasteiger partial charge on any atom is 0.251 e. The van der Waals surface area contributed by atoms with Gasteiger partial charge < -0.3 is 11.1 Å². The van der Waals surface area contributed by atoms with Crippen LogP contribution in [0.15, 0.2) is 0 Å². The van der Waals surface area contributed by atoms with Crippen molar-refractivity contribution in [3.63, 3.8) is 0 Å². The molecular formula is C6H9N3O2S. The molecule has 0 aromatic heterocycles. The number of hydrogen-bond acceptors (Lipinski definition) is 3. The van der Waals surface area contributed by atoms with E-state index in [4.69, 9.17) is 18.0 Å². The molecule has 1 atom stereocenters. The number of primary amides is 1. The minimum Gasteiger partial charge on any atom is -0.370 e. The normalized spacial score (nSPS) is 22.8. The molecule has 1 saturated heterocycles. The number of carbonyl (C=O) groups is 2. The summed E-state index contributed by atoms with van der Waals surface area (Å²) in [5, 5.41) is 3.03. The van der Waals surface area contributed by atoms with Gasteiger partial charge in [-0.2, -0.15) is 0 Å². The third-order valence-electron chi connectivity index (χ3n) is 1.64. The molecule has 0 unspecified atom stereocenters. The maximum absolute atomic E-state index is 11.2. The molecule has 0 spiro atoms. The highest BCUT2D eigenvalue weighted by molar-refractivity contribution is 7.80. The standard InChI is InChI=1S/C6H9N3O2S/c1-9-5(11)3(2-4(7)10)8-6(9)12/h3H,2H2,1H3,(H2,7,10)(H,8,12)/t3-/m1/s1. The first-order valence-electron chi connectivity index (χ1n) is 3.38. The molecule has 1 heterocycles. The second-order valence-electron chi connectivity index (χ2n) is 2.57. The average Bonchev–Trinajstić information content (AvgIpc) is 2.17. The largest absolute Gasteiger partial charge is 0.370 e. The van der Waals surface area contributed by atoms with Crippen molar-refractivity contribution in [2.45, 2.75) is 12.5 Å². The molecule has 1 aliphatic heterocycles. The van der Waals surface area contributed by atoms with Crippen molar-refractivity contribution in [1.29, 1.82) is 0 Å². The Morgan fingerprint density at radius 1 is 1.83 bits per heavy atom. The summed E-state index contributed by atoms with van der Waals surface area (Å²) in [5.74, 6) is -0.724. The monoisotopic (exact) mass is 187 g/mol. The molecule has 66 valence electrons. The van der Waals surface area contributed by atoms with Gasteiger partial charge in [-0.25, -0.2) is 0 Å². The zero-order valence-corrected chi connectivity index (χ0v) is 7.35. The summed E-state index contributed by atoms with van der Waals surface area (Å²) in [4.78, 5) is 23.0. The zero-order chi connectivity index (χ0) is 9.30. The zero-order valence-electron chi connectivity index (χ0n) is 6.53. The van der Waals surface area contributed by atoms with Gasteiger partial charge in [-0.15, -0.1) is 0 Å². The molecule has 0 aromatic carbocycles. The van der Waals surface area contributed by atoms with Crippen molar-refractivity contribution in [2.24, 2.45) is 5.73 Å². The molecule has 1 fully saturated rings. The number of carbonyl (C=O) groups excluding carboxylic acids is 2. The lowest BCUT2D eigenvalue weighted by atomic mass is 10.2. The molecule has 0 bridgehead atoms. The lowest BCUT2D eigenvalue weighted by Gasteiger charge is -2.04. The van der Waals surface area contributed by atoms with Gasteiger partial charge >= 0.3 is 0 Å². The molecule has 6 heteroatoms. The second kappa shape index (κ2) is 3.06. The first-order chi connectivity index (χ1) is 5.52. The van der Waals surface area contributed by atoms with Crippen molar-refractivity contribution in [2.75, 3.05) is 7.05 Å². The van der Waals surface area contributed by atoms with Gasteiger partial charge in [0.15, 0.2) is 5.11 Å². The average molecular weight is 187 g/mol. The van der Waals surface area contributed by atoms with E-state index in [-0.39, 0.29) is 12.3 Å². The van der Waals surface area contributed by atoms with E-state index in [9.17, 15) is 9.59 Å². The van der Waals surface area contributed by atoms with Crippen LogP contribution in [0.5, 0.6) is 0 Å². The van der Waals surface area contributed by atoms with Crippen LogP contribution < -0.4 is 11.1 Å². The van der Waals surface area contributed by atoms with E-state index in [1.807, 2.05) is 0 Å². The molecule has 2 amide bonds. The highest BCUT2D eigenvalue weighted by Gasteiger charge is 2.33. The van der Waals surface area contributed by atoms with Gasteiger partial charge in [0, 0.05) is 7.05 Å². The predicted octanol–water partition coefficient (Wildman–Crippen LogP) is -1.42. The van der Waals surface area contributed by atoms with E-state index < -0.39 is 11.9 Å². The van der Waals surface area contributed by atoms with Crippen LogP contribution in [0.2, 0.25) is 0 Å². The topological polar surface area (TPSA) is 75.4 Å². The Morgan fingerprint density at radius 2 is 2.42 bits per heavy atom. The van der Waals surface area contributed by atoms with Crippen LogP contribution >= 0.6 is 12.2 Å². The quantitative estimate of drug-likeness (QED) is 0.520. The van der Waals surface area contributed by atoms with E-state index in [0.717, 1.165) is 0 Å². The summed E-state index contributed by atoms with van der Waals surface area (Å²) in [5.41, 5.74) is 4.93. The molecular weight excluding hydrogens is 178 g/mol. The van der Waals surface area contributed by atoms with Crippen LogP contribution in [0, 0.1) is 0 Å². The van der Waals surface area contributed by atoms with E-state index in [2.05, 4.69) is 5.32 Å². The first kappa shape index (κ1) is 8.92. The van der Waals surface area contributed by atoms with Crippen molar-refractivity contribution in [1.82, 2.24) is 10.2 Å². The van der Waals surface area contributed by atoms with Gasteiger partial charge in [0.1, 0.15) is 6.04 Å². The summed E-state index contributed by atoms with van der Waals surface area (Å²) < 4.78 is 0. The van der Waals surface area contributed by atoms with Gasteiger partial charge in [-0.3, -0.25) is 14.5 Å². The number of nitrogens with zero attached hydrogens (tertiary/aromatic N) is 1. The highest BCUT2D eigenvalue weighted by atomic mass is 32.1. The number of hydrogen-bond donors (Lipinski definition) is 2. The van der Waals surface area contributed by atoms with Crippen LogP contribution in [-0.4, -0.2) is 34.9 Å². The van der Waals surface area contributed by atoms with Crippen molar-refractivity contribution < 1.29 is 9.59 Å². The third kappa shape index (κ3) is 1.53. The number of rotatable bonds is 2. The predicted molar refractivity (Wildman–Crippen MR) is 46.1 cm³/mol. The minimum atomic E-state index is -0.569. The fourth-order valence-corrected chi connectivity index (χ4v) is 1.21. The molecule has 0 aromatic rings.